The van der Waals surface area contributed by atoms with E-state index in [1.807, 2.05) is 25.1 Å². The van der Waals surface area contributed by atoms with Crippen molar-refractivity contribution in [2.75, 3.05) is 13.2 Å². The van der Waals surface area contributed by atoms with Crippen LogP contribution in [0, 0.1) is 6.92 Å². The molecule has 190 valence electrons. The number of phenolic OH excluding ortho intramolecular Hbond substituents is 1. The van der Waals surface area contributed by atoms with E-state index < -0.39 is 22.9 Å². The number of imide groups is 1. The third-order valence-corrected chi connectivity index (χ3v) is 6.11. The molecule has 1 saturated heterocycles. The van der Waals surface area contributed by atoms with Crippen LogP contribution in [0.1, 0.15) is 16.7 Å². The van der Waals surface area contributed by atoms with Crippen molar-refractivity contribution in [2.45, 2.75) is 13.1 Å². The number of rotatable bonds is 7. The predicted molar refractivity (Wildman–Crippen MR) is 133 cm³/mol. The molecule has 1 aliphatic rings. The van der Waals surface area contributed by atoms with Crippen LogP contribution in [-0.4, -0.2) is 34.3 Å². The number of hydrogen-bond donors (Lipinski definition) is 1. The van der Waals surface area contributed by atoms with E-state index in [0.29, 0.717) is 5.75 Å². The quantitative estimate of drug-likeness (QED) is 0.258. The smallest absolute Gasteiger partial charge is 0.416 e. The fourth-order valence-electron chi connectivity index (χ4n) is 3.37. The highest BCUT2D eigenvalue weighted by Gasteiger charge is 2.35. The summed E-state index contributed by atoms with van der Waals surface area (Å²) in [5, 5.41) is 17.5. The van der Waals surface area contributed by atoms with E-state index in [9.17, 15) is 27.9 Å². The van der Waals surface area contributed by atoms with E-state index in [0.717, 1.165) is 34.4 Å². The molecular weight excluding hydrogens is 507 g/mol. The molecule has 1 aliphatic heterocycles. The number of hydrogen-bond acceptors (Lipinski definition) is 7. The number of nitrogens with zero attached hydrogens (tertiary/aromatic N) is 3. The van der Waals surface area contributed by atoms with Crippen LogP contribution in [0.3, 0.4) is 0 Å². The molecular formula is C26H20F3N3O4S. The van der Waals surface area contributed by atoms with Crippen molar-refractivity contribution in [3.63, 3.8) is 0 Å². The summed E-state index contributed by atoms with van der Waals surface area (Å²) < 4.78 is 44.3. The average Bonchev–Trinajstić information content (AvgIpc) is 3.11. The second-order valence-electron chi connectivity index (χ2n) is 7.99. The van der Waals surface area contributed by atoms with Crippen LogP contribution in [-0.2, 0) is 11.0 Å². The Bertz CT molecular complexity index is 1410. The molecule has 0 radical (unpaired) electrons. The Balaban J connectivity index is 1.46. The van der Waals surface area contributed by atoms with Gasteiger partial charge in [-0.05, 0) is 78.9 Å². The number of amides is 2. The first kappa shape index (κ1) is 26.0. The summed E-state index contributed by atoms with van der Waals surface area (Å²) in [6.45, 7) is 2.09. The molecule has 0 atom stereocenters. The minimum atomic E-state index is -4.51. The van der Waals surface area contributed by atoms with Crippen LogP contribution in [0.15, 0.2) is 81.9 Å². The Labute approximate surface area is 214 Å². The number of thioether (sulfide) groups is 1. The summed E-state index contributed by atoms with van der Waals surface area (Å²) >= 11 is 0.725. The normalized spacial score (nSPS) is 15.2. The number of aryl methyl sites for hydroxylation is 1. The Hall–Kier alpha value is -4.12. The minimum Gasteiger partial charge on any atom is -0.507 e. The summed E-state index contributed by atoms with van der Waals surface area (Å²) in [7, 11) is 0. The van der Waals surface area contributed by atoms with Crippen molar-refractivity contribution in [2.24, 2.45) is 10.2 Å². The second kappa shape index (κ2) is 10.9. The number of halogens is 3. The van der Waals surface area contributed by atoms with Crippen molar-refractivity contribution in [1.29, 1.82) is 0 Å². The lowest BCUT2D eigenvalue weighted by atomic mass is 10.1. The van der Waals surface area contributed by atoms with Gasteiger partial charge in [0.2, 0.25) is 0 Å². The van der Waals surface area contributed by atoms with E-state index in [1.54, 1.807) is 6.07 Å². The van der Waals surface area contributed by atoms with Gasteiger partial charge in [0.1, 0.15) is 18.1 Å². The molecule has 3 aromatic carbocycles. The molecule has 11 heteroatoms. The van der Waals surface area contributed by atoms with Crippen LogP contribution < -0.4 is 4.74 Å². The molecule has 0 bridgehead atoms. The third-order valence-electron chi connectivity index (χ3n) is 5.20. The number of alkyl halides is 3. The summed E-state index contributed by atoms with van der Waals surface area (Å²) in [6.07, 6.45) is -3.15. The van der Waals surface area contributed by atoms with Gasteiger partial charge in [-0.2, -0.15) is 23.4 Å². The topological polar surface area (TPSA) is 91.6 Å². The molecule has 0 spiro atoms. The van der Waals surface area contributed by atoms with Gasteiger partial charge in [0.15, 0.2) is 0 Å². The van der Waals surface area contributed by atoms with Crippen LogP contribution >= 0.6 is 11.8 Å². The van der Waals surface area contributed by atoms with Crippen LogP contribution in [0.25, 0.3) is 6.08 Å². The number of carbonyl (C=O) groups excluding carboxylic acids is 2. The van der Waals surface area contributed by atoms with Gasteiger partial charge in [-0.15, -0.1) is 0 Å². The number of phenols is 1. The summed E-state index contributed by atoms with van der Waals surface area (Å²) in [6, 6.07) is 15.9. The van der Waals surface area contributed by atoms with Crippen LogP contribution in [0.2, 0.25) is 0 Å². The van der Waals surface area contributed by atoms with E-state index in [-0.39, 0.29) is 40.7 Å². The molecule has 0 aliphatic carbocycles. The van der Waals surface area contributed by atoms with E-state index >= 15 is 0 Å². The number of carbonyl (C=O) groups is 2. The summed E-state index contributed by atoms with van der Waals surface area (Å²) in [4.78, 5) is 26.3. The molecule has 0 saturated carbocycles. The Kier molecular flexibility index (Phi) is 7.63. The van der Waals surface area contributed by atoms with Gasteiger partial charge >= 0.3 is 6.18 Å². The number of aromatic hydroxyl groups is 1. The molecule has 0 unspecified atom stereocenters. The monoisotopic (exact) mass is 527 g/mol. The number of benzene rings is 3. The Morgan fingerprint density at radius 1 is 1.00 bits per heavy atom. The lowest BCUT2D eigenvalue weighted by molar-refractivity contribution is -0.137. The third kappa shape index (κ3) is 6.56. The molecule has 7 nitrogen and oxygen atoms in total. The zero-order valence-corrected chi connectivity index (χ0v) is 20.2. The van der Waals surface area contributed by atoms with Gasteiger partial charge in [0.25, 0.3) is 11.1 Å². The highest BCUT2D eigenvalue weighted by Crippen LogP contribution is 2.35. The minimum absolute atomic E-state index is 0.00143. The van der Waals surface area contributed by atoms with E-state index in [1.165, 1.54) is 36.4 Å². The van der Waals surface area contributed by atoms with E-state index in [4.69, 9.17) is 4.74 Å². The lowest BCUT2D eigenvalue weighted by Gasteiger charge is -2.13. The Morgan fingerprint density at radius 3 is 2.46 bits per heavy atom. The molecule has 1 heterocycles. The fourth-order valence-corrected chi connectivity index (χ4v) is 4.23. The maximum Gasteiger partial charge on any atom is 0.416 e. The van der Waals surface area contributed by atoms with Gasteiger partial charge in [-0.25, -0.2) is 0 Å². The molecule has 4 rings (SSSR count). The number of ether oxygens (including phenoxy) is 1. The average molecular weight is 528 g/mol. The van der Waals surface area contributed by atoms with E-state index in [2.05, 4.69) is 10.2 Å². The number of azo groups is 1. The zero-order chi connectivity index (χ0) is 26.6. The van der Waals surface area contributed by atoms with Gasteiger partial charge < -0.3 is 9.84 Å². The predicted octanol–water partition coefficient (Wildman–Crippen LogP) is 7.25. The molecule has 0 aromatic heterocycles. The van der Waals surface area contributed by atoms with Crippen molar-refractivity contribution >= 4 is 40.4 Å². The van der Waals surface area contributed by atoms with Crippen molar-refractivity contribution < 1.29 is 32.6 Å². The zero-order valence-electron chi connectivity index (χ0n) is 19.4. The van der Waals surface area contributed by atoms with Gasteiger partial charge in [-0.1, -0.05) is 18.2 Å². The van der Waals surface area contributed by atoms with Crippen molar-refractivity contribution in [3.8, 4) is 11.5 Å². The van der Waals surface area contributed by atoms with Gasteiger partial charge in [-0.3, -0.25) is 14.5 Å². The van der Waals surface area contributed by atoms with Gasteiger partial charge in [0, 0.05) is 5.56 Å². The maximum atomic E-state index is 12.9. The molecule has 1 N–H and O–H groups in total. The first-order valence-electron chi connectivity index (χ1n) is 11.0. The maximum absolute atomic E-state index is 12.9. The highest BCUT2D eigenvalue weighted by atomic mass is 32.2. The molecule has 3 aromatic rings. The molecule has 37 heavy (non-hydrogen) atoms. The van der Waals surface area contributed by atoms with Crippen molar-refractivity contribution in [1.82, 2.24) is 4.90 Å². The molecule has 1 fully saturated rings. The largest absolute Gasteiger partial charge is 0.507 e. The van der Waals surface area contributed by atoms with Gasteiger partial charge in [0.05, 0.1) is 28.4 Å². The second-order valence-corrected chi connectivity index (χ2v) is 8.98. The Morgan fingerprint density at radius 2 is 1.73 bits per heavy atom. The first-order valence-corrected chi connectivity index (χ1v) is 11.8. The molecule has 2 amide bonds. The van der Waals surface area contributed by atoms with Crippen LogP contribution in [0.4, 0.5) is 29.3 Å². The fraction of sp³-hybridized carbons (Fsp3) is 0.154. The summed E-state index contributed by atoms with van der Waals surface area (Å²) in [5.74, 6) is -0.0746. The SMILES string of the molecule is Cc1cccc(OCCN2C(=O)S/C(=C\c3cc(N=Nc4cccc(C(F)(F)F)c4)ccc3O)C2=O)c1. The highest BCUT2D eigenvalue weighted by molar-refractivity contribution is 8.18. The summed E-state index contributed by atoms with van der Waals surface area (Å²) in [5.41, 5.74) is 0.589. The van der Waals surface area contributed by atoms with Crippen molar-refractivity contribution in [3.05, 3.63) is 88.3 Å². The first-order chi connectivity index (χ1) is 17.6. The standard InChI is InChI=1S/C26H20F3N3O4S/c1-16-4-2-7-21(12-16)36-11-10-32-24(34)23(37-25(32)35)14-17-13-20(8-9-22(17)33)31-30-19-6-3-5-18(15-19)26(27,28)29/h2-9,12-15,33H,10-11H2,1H3/b23-14-,31-30?. The van der Waals surface area contributed by atoms with Crippen LogP contribution in [0.5, 0.6) is 11.5 Å². The lowest BCUT2D eigenvalue weighted by Crippen LogP contribution is -2.32.